The summed E-state index contributed by atoms with van der Waals surface area (Å²) >= 11 is 0. The van der Waals surface area contributed by atoms with Crippen molar-refractivity contribution in [2.75, 3.05) is 18.5 Å². The van der Waals surface area contributed by atoms with Gasteiger partial charge in [-0.1, -0.05) is 12.1 Å². The highest BCUT2D eigenvalue weighted by Crippen LogP contribution is 2.21. The molecule has 1 aliphatic rings. The average molecular weight is 366 g/mol. The number of hydrogen-bond donors (Lipinski definition) is 1. The number of pyridine rings is 1. The quantitative estimate of drug-likeness (QED) is 0.750. The van der Waals surface area contributed by atoms with Crippen molar-refractivity contribution in [3.63, 3.8) is 0 Å². The van der Waals surface area contributed by atoms with Crippen LogP contribution in [0, 0.1) is 0 Å². The van der Waals surface area contributed by atoms with Crippen LogP contribution in [-0.2, 0) is 18.3 Å². The van der Waals surface area contributed by atoms with E-state index in [0.29, 0.717) is 24.3 Å². The van der Waals surface area contributed by atoms with Gasteiger partial charge >= 0.3 is 6.03 Å². The van der Waals surface area contributed by atoms with E-state index in [1.165, 1.54) is 4.80 Å². The Balaban J connectivity index is 1.55. The number of aromatic nitrogens is 4. The van der Waals surface area contributed by atoms with Gasteiger partial charge < -0.3 is 15.0 Å². The fourth-order valence-corrected chi connectivity index (χ4v) is 3.28. The number of nitrogens with one attached hydrogen (secondary N) is 1. The molecule has 8 heteroatoms. The Morgan fingerprint density at radius 3 is 3.00 bits per heavy atom. The SMILES string of the molecule is Cn1nc2cccc(NC(=O)N(Cc3ccccn3)C[C@@H]3CCCO3)c2n1. The van der Waals surface area contributed by atoms with Crippen LogP contribution in [0.1, 0.15) is 18.5 Å². The van der Waals surface area contributed by atoms with Crippen molar-refractivity contribution < 1.29 is 9.53 Å². The van der Waals surface area contributed by atoms with E-state index in [9.17, 15) is 4.79 Å². The minimum Gasteiger partial charge on any atom is -0.376 e. The number of benzene rings is 1. The average Bonchev–Trinajstić information content (AvgIpc) is 3.31. The molecule has 1 aromatic carbocycles. The van der Waals surface area contributed by atoms with Crippen LogP contribution in [0.15, 0.2) is 42.6 Å². The van der Waals surface area contributed by atoms with Crippen molar-refractivity contribution in [3.05, 3.63) is 48.3 Å². The number of amides is 2. The molecule has 3 aromatic rings. The Hall–Kier alpha value is -3.00. The summed E-state index contributed by atoms with van der Waals surface area (Å²) in [4.78, 5) is 20.6. The third-order valence-electron chi connectivity index (χ3n) is 4.57. The summed E-state index contributed by atoms with van der Waals surface area (Å²) in [6.45, 7) is 1.70. The van der Waals surface area contributed by atoms with Crippen molar-refractivity contribution in [1.82, 2.24) is 24.9 Å². The lowest BCUT2D eigenvalue weighted by Crippen LogP contribution is -2.39. The van der Waals surface area contributed by atoms with Gasteiger partial charge in [-0.25, -0.2) is 4.79 Å². The van der Waals surface area contributed by atoms with E-state index < -0.39 is 0 Å². The first-order valence-corrected chi connectivity index (χ1v) is 9.06. The Kier molecular flexibility index (Phi) is 4.97. The van der Waals surface area contributed by atoms with E-state index >= 15 is 0 Å². The lowest BCUT2D eigenvalue weighted by Gasteiger charge is -2.25. The number of rotatable bonds is 5. The summed E-state index contributed by atoms with van der Waals surface area (Å²) in [6, 6.07) is 11.1. The van der Waals surface area contributed by atoms with Gasteiger partial charge in [0.25, 0.3) is 0 Å². The number of urea groups is 1. The zero-order chi connectivity index (χ0) is 18.6. The van der Waals surface area contributed by atoms with Crippen molar-refractivity contribution in [1.29, 1.82) is 0 Å². The Bertz CT molecular complexity index is 920. The lowest BCUT2D eigenvalue weighted by atomic mass is 10.2. The zero-order valence-corrected chi connectivity index (χ0v) is 15.2. The molecule has 2 amide bonds. The number of hydrogen-bond acceptors (Lipinski definition) is 5. The Labute approximate surface area is 157 Å². The molecule has 0 spiro atoms. The minimum absolute atomic E-state index is 0.0618. The first-order valence-electron chi connectivity index (χ1n) is 9.06. The van der Waals surface area contributed by atoms with Gasteiger partial charge in [-0.15, -0.1) is 0 Å². The summed E-state index contributed by atoms with van der Waals surface area (Å²) in [5.74, 6) is 0. The second kappa shape index (κ2) is 7.71. The van der Waals surface area contributed by atoms with Gasteiger partial charge in [-0.2, -0.15) is 15.0 Å². The van der Waals surface area contributed by atoms with Crippen LogP contribution in [-0.4, -0.2) is 50.2 Å². The number of ether oxygens (including phenoxy) is 1. The number of nitrogens with zero attached hydrogens (tertiary/aromatic N) is 5. The molecule has 0 bridgehead atoms. The molecule has 0 unspecified atom stereocenters. The maximum Gasteiger partial charge on any atom is 0.322 e. The van der Waals surface area contributed by atoms with Gasteiger partial charge in [-0.3, -0.25) is 4.98 Å². The third kappa shape index (κ3) is 4.06. The molecule has 0 saturated carbocycles. The smallest absolute Gasteiger partial charge is 0.322 e. The number of carbonyl (C=O) groups is 1. The molecule has 2 aromatic heterocycles. The van der Waals surface area contributed by atoms with Crippen LogP contribution in [0.2, 0.25) is 0 Å². The first-order chi connectivity index (χ1) is 13.2. The van der Waals surface area contributed by atoms with Crippen LogP contribution in [0.5, 0.6) is 0 Å². The predicted molar refractivity (Wildman–Crippen MR) is 101 cm³/mol. The molecule has 0 radical (unpaired) electrons. The highest BCUT2D eigenvalue weighted by molar-refractivity contribution is 5.98. The van der Waals surface area contributed by atoms with Gasteiger partial charge in [0.05, 0.1) is 24.0 Å². The van der Waals surface area contributed by atoms with Crippen molar-refractivity contribution in [2.45, 2.75) is 25.5 Å². The summed E-state index contributed by atoms with van der Waals surface area (Å²) in [5.41, 5.74) is 2.89. The monoisotopic (exact) mass is 366 g/mol. The highest BCUT2D eigenvalue weighted by Gasteiger charge is 2.24. The molecule has 4 rings (SSSR count). The van der Waals surface area contributed by atoms with Crippen molar-refractivity contribution in [3.8, 4) is 0 Å². The van der Waals surface area contributed by atoms with Crippen LogP contribution in [0.25, 0.3) is 11.0 Å². The predicted octanol–water partition coefficient (Wildman–Crippen LogP) is 2.58. The molecule has 0 aliphatic carbocycles. The molecule has 3 heterocycles. The second-order valence-electron chi connectivity index (χ2n) is 6.63. The van der Waals surface area contributed by atoms with Gasteiger partial charge in [0, 0.05) is 26.4 Å². The van der Waals surface area contributed by atoms with Crippen LogP contribution in [0.4, 0.5) is 10.5 Å². The van der Waals surface area contributed by atoms with Gasteiger partial charge in [-0.05, 0) is 37.1 Å². The van der Waals surface area contributed by atoms with Crippen LogP contribution in [0.3, 0.4) is 0 Å². The number of aryl methyl sites for hydroxylation is 1. The molecule has 1 fully saturated rings. The molecular weight excluding hydrogens is 344 g/mol. The molecule has 27 heavy (non-hydrogen) atoms. The van der Waals surface area contributed by atoms with E-state index in [4.69, 9.17) is 4.74 Å². The number of fused-ring (bicyclic) bond motifs is 1. The van der Waals surface area contributed by atoms with E-state index in [-0.39, 0.29) is 12.1 Å². The van der Waals surface area contributed by atoms with Gasteiger partial charge in [0.1, 0.15) is 11.0 Å². The summed E-state index contributed by atoms with van der Waals surface area (Å²) in [5, 5.41) is 11.6. The maximum absolute atomic E-state index is 13.0. The molecule has 1 N–H and O–H groups in total. The molecule has 1 atom stereocenters. The lowest BCUT2D eigenvalue weighted by molar-refractivity contribution is 0.0816. The molecule has 8 nitrogen and oxygen atoms in total. The molecule has 1 aliphatic heterocycles. The van der Waals surface area contributed by atoms with E-state index in [2.05, 4.69) is 20.5 Å². The van der Waals surface area contributed by atoms with Crippen LogP contribution < -0.4 is 5.32 Å². The van der Waals surface area contributed by atoms with Crippen molar-refractivity contribution >= 4 is 22.8 Å². The maximum atomic E-state index is 13.0. The standard InChI is InChI=1S/C19H22N6O2/c1-24-22-17-9-4-8-16(18(17)23-24)21-19(26)25(13-15-7-5-11-27-15)12-14-6-2-3-10-20-14/h2-4,6,8-10,15H,5,7,11-13H2,1H3,(H,21,26)/t15-/m0/s1. The van der Waals surface area contributed by atoms with E-state index in [1.807, 2.05) is 36.4 Å². The number of anilines is 1. The summed E-state index contributed by atoms with van der Waals surface area (Å²) < 4.78 is 5.73. The molecule has 140 valence electrons. The highest BCUT2D eigenvalue weighted by atomic mass is 16.5. The Morgan fingerprint density at radius 2 is 2.22 bits per heavy atom. The van der Waals surface area contributed by atoms with E-state index in [1.54, 1.807) is 18.1 Å². The van der Waals surface area contributed by atoms with Gasteiger partial charge in [0.2, 0.25) is 0 Å². The third-order valence-corrected chi connectivity index (χ3v) is 4.57. The minimum atomic E-state index is -0.200. The summed E-state index contributed by atoms with van der Waals surface area (Å²) in [7, 11) is 1.76. The normalized spacial score (nSPS) is 16.6. The number of carbonyl (C=O) groups excluding carboxylic acids is 1. The Morgan fingerprint density at radius 1 is 1.30 bits per heavy atom. The second-order valence-corrected chi connectivity index (χ2v) is 6.63. The van der Waals surface area contributed by atoms with Gasteiger partial charge in [0.15, 0.2) is 0 Å². The zero-order valence-electron chi connectivity index (χ0n) is 15.2. The largest absolute Gasteiger partial charge is 0.376 e. The van der Waals surface area contributed by atoms with Crippen molar-refractivity contribution in [2.24, 2.45) is 7.05 Å². The topological polar surface area (TPSA) is 85.2 Å². The van der Waals surface area contributed by atoms with E-state index in [0.717, 1.165) is 30.7 Å². The summed E-state index contributed by atoms with van der Waals surface area (Å²) in [6.07, 6.45) is 3.79. The molecule has 1 saturated heterocycles. The fraction of sp³-hybridized carbons (Fsp3) is 0.368. The molecular formula is C19H22N6O2. The van der Waals surface area contributed by atoms with Crippen LogP contribution >= 0.6 is 0 Å². The first kappa shape index (κ1) is 17.4. The fourth-order valence-electron chi connectivity index (χ4n) is 3.28.